The molecule has 2 rings (SSSR count). The third kappa shape index (κ3) is 2.65. The van der Waals surface area contributed by atoms with Crippen molar-refractivity contribution >= 4 is 16.5 Å². The molecule has 1 atom stereocenters. The third-order valence-electron chi connectivity index (χ3n) is 2.73. The van der Waals surface area contributed by atoms with Crippen LogP contribution in [0.1, 0.15) is 41.9 Å². The minimum absolute atomic E-state index is 0.484. The zero-order chi connectivity index (χ0) is 12.4. The van der Waals surface area contributed by atoms with Gasteiger partial charge in [-0.3, -0.25) is 0 Å². The summed E-state index contributed by atoms with van der Waals surface area (Å²) in [4.78, 5) is 4.72. The molecule has 3 N–H and O–H groups in total. The van der Waals surface area contributed by atoms with Crippen molar-refractivity contribution in [3.05, 3.63) is 46.5 Å². The summed E-state index contributed by atoms with van der Waals surface area (Å²) in [6.45, 7) is 4.30. The third-order valence-corrected chi connectivity index (χ3v) is 3.61. The number of nitrogen functional groups attached to an aromatic ring is 1. The van der Waals surface area contributed by atoms with Crippen LogP contribution in [-0.2, 0) is 0 Å². The summed E-state index contributed by atoms with van der Waals surface area (Å²) < 4.78 is 0. The molecule has 17 heavy (non-hydrogen) atoms. The number of nitrogens with zero attached hydrogens (tertiary/aromatic N) is 1. The van der Waals surface area contributed by atoms with E-state index in [0.29, 0.717) is 11.0 Å². The van der Waals surface area contributed by atoms with Gasteiger partial charge in [-0.2, -0.15) is 0 Å². The quantitative estimate of drug-likeness (QED) is 0.878. The van der Waals surface area contributed by atoms with Crippen molar-refractivity contribution in [3.8, 4) is 0 Å². The Kier molecular flexibility index (Phi) is 3.45. The summed E-state index contributed by atoms with van der Waals surface area (Å²) in [6.07, 6.45) is 0.993. The Balaban J connectivity index is 2.22. The molecule has 0 spiro atoms. The van der Waals surface area contributed by atoms with Crippen LogP contribution in [0.15, 0.2) is 30.5 Å². The molecule has 0 saturated heterocycles. The van der Waals surface area contributed by atoms with Gasteiger partial charge in [0.15, 0.2) is 5.13 Å². The van der Waals surface area contributed by atoms with Crippen LogP contribution in [-0.4, -0.2) is 10.1 Å². The van der Waals surface area contributed by atoms with E-state index in [4.69, 9.17) is 5.73 Å². The molecule has 0 amide bonds. The lowest BCUT2D eigenvalue weighted by Gasteiger charge is -2.10. The molecule has 0 aliphatic heterocycles. The highest BCUT2D eigenvalue weighted by atomic mass is 32.1. The van der Waals surface area contributed by atoms with E-state index in [2.05, 4.69) is 18.8 Å². The highest BCUT2D eigenvalue weighted by Gasteiger charge is 2.13. The van der Waals surface area contributed by atoms with Gasteiger partial charge < -0.3 is 10.8 Å². The maximum Gasteiger partial charge on any atom is 0.180 e. The molecule has 90 valence electrons. The fourth-order valence-electron chi connectivity index (χ4n) is 1.65. The van der Waals surface area contributed by atoms with Crippen molar-refractivity contribution in [2.75, 3.05) is 5.73 Å². The summed E-state index contributed by atoms with van der Waals surface area (Å²) >= 11 is 1.32. The molecule has 1 aromatic carbocycles. The van der Waals surface area contributed by atoms with Crippen LogP contribution in [0.3, 0.4) is 0 Å². The first-order valence-corrected chi connectivity index (χ1v) is 6.38. The Morgan fingerprint density at radius 3 is 2.24 bits per heavy atom. The van der Waals surface area contributed by atoms with E-state index in [1.807, 2.05) is 24.3 Å². The molecule has 0 bridgehead atoms. The molecular weight excluding hydrogens is 232 g/mol. The van der Waals surface area contributed by atoms with Crippen LogP contribution < -0.4 is 5.73 Å². The first-order valence-electron chi connectivity index (χ1n) is 5.57. The zero-order valence-corrected chi connectivity index (χ0v) is 10.7. The Labute approximate surface area is 105 Å². The van der Waals surface area contributed by atoms with Crippen LogP contribution in [0.4, 0.5) is 5.13 Å². The summed E-state index contributed by atoms with van der Waals surface area (Å²) in [7, 11) is 0. The second kappa shape index (κ2) is 4.85. The fourth-order valence-corrected chi connectivity index (χ4v) is 2.35. The van der Waals surface area contributed by atoms with Crippen LogP contribution in [0.2, 0.25) is 0 Å². The highest BCUT2D eigenvalue weighted by molar-refractivity contribution is 7.15. The Bertz CT molecular complexity index is 490. The minimum atomic E-state index is -0.633. The standard InChI is InChI=1S/C13H16N2OS/c1-8(2)9-3-5-10(6-4-9)12(16)11-7-15-13(14)17-11/h3-8,12,16H,1-2H3,(H2,14,15). The molecule has 2 aromatic rings. The maximum absolute atomic E-state index is 10.1. The molecular formula is C13H16N2OS. The number of thiazole rings is 1. The van der Waals surface area contributed by atoms with Crippen molar-refractivity contribution in [1.29, 1.82) is 0 Å². The van der Waals surface area contributed by atoms with Gasteiger partial charge in [-0.15, -0.1) is 0 Å². The molecule has 0 aliphatic carbocycles. The van der Waals surface area contributed by atoms with Gasteiger partial charge in [0.1, 0.15) is 6.10 Å². The Morgan fingerprint density at radius 2 is 1.76 bits per heavy atom. The number of hydrogen-bond donors (Lipinski definition) is 2. The van der Waals surface area contributed by atoms with Crippen LogP contribution in [0.5, 0.6) is 0 Å². The predicted octanol–water partition coefficient (Wildman–Crippen LogP) is 2.93. The fraction of sp³-hybridized carbons (Fsp3) is 0.308. The van der Waals surface area contributed by atoms with E-state index in [1.165, 1.54) is 16.9 Å². The van der Waals surface area contributed by atoms with Crippen LogP contribution in [0, 0.1) is 0 Å². The summed E-state index contributed by atoms with van der Waals surface area (Å²) in [6, 6.07) is 8.01. The van der Waals surface area contributed by atoms with Gasteiger partial charge in [-0.1, -0.05) is 49.4 Å². The number of anilines is 1. The van der Waals surface area contributed by atoms with Crippen molar-refractivity contribution in [1.82, 2.24) is 4.98 Å². The molecule has 1 unspecified atom stereocenters. The van der Waals surface area contributed by atoms with E-state index in [0.717, 1.165) is 10.4 Å². The number of hydrogen-bond acceptors (Lipinski definition) is 4. The maximum atomic E-state index is 10.1. The normalized spacial score (nSPS) is 12.9. The van der Waals surface area contributed by atoms with Crippen LogP contribution in [0.25, 0.3) is 0 Å². The monoisotopic (exact) mass is 248 g/mol. The summed E-state index contributed by atoms with van der Waals surface area (Å²) in [5.41, 5.74) is 7.70. The lowest BCUT2D eigenvalue weighted by Crippen LogP contribution is -1.97. The highest BCUT2D eigenvalue weighted by Crippen LogP contribution is 2.28. The topological polar surface area (TPSA) is 59.1 Å². The van der Waals surface area contributed by atoms with Crippen molar-refractivity contribution in [2.24, 2.45) is 0 Å². The van der Waals surface area contributed by atoms with Gasteiger partial charge in [-0.05, 0) is 17.0 Å². The first kappa shape index (κ1) is 12.1. The van der Waals surface area contributed by atoms with E-state index in [-0.39, 0.29) is 0 Å². The first-order chi connectivity index (χ1) is 8.08. The van der Waals surface area contributed by atoms with E-state index in [1.54, 1.807) is 6.20 Å². The molecule has 0 radical (unpaired) electrons. The largest absolute Gasteiger partial charge is 0.383 e. The summed E-state index contributed by atoms with van der Waals surface area (Å²) in [5.74, 6) is 0.500. The van der Waals surface area contributed by atoms with Gasteiger partial charge in [0.25, 0.3) is 0 Å². The van der Waals surface area contributed by atoms with Crippen LogP contribution >= 0.6 is 11.3 Å². The number of aromatic nitrogens is 1. The molecule has 0 saturated carbocycles. The van der Waals surface area contributed by atoms with Gasteiger partial charge in [0.2, 0.25) is 0 Å². The SMILES string of the molecule is CC(C)c1ccc(C(O)c2cnc(N)s2)cc1. The van der Waals surface area contributed by atoms with Crippen molar-refractivity contribution in [3.63, 3.8) is 0 Å². The summed E-state index contributed by atoms with van der Waals surface area (Å²) in [5, 5.41) is 10.6. The smallest absolute Gasteiger partial charge is 0.180 e. The molecule has 0 aliphatic rings. The lowest BCUT2D eigenvalue weighted by atomic mass is 10.00. The molecule has 1 heterocycles. The lowest BCUT2D eigenvalue weighted by molar-refractivity contribution is 0.224. The molecule has 3 nitrogen and oxygen atoms in total. The number of rotatable bonds is 3. The Hall–Kier alpha value is -1.39. The molecule has 0 fully saturated rings. The number of nitrogens with two attached hydrogens (primary N) is 1. The average molecular weight is 248 g/mol. The second-order valence-corrected chi connectivity index (χ2v) is 5.42. The molecule has 1 aromatic heterocycles. The zero-order valence-electron chi connectivity index (χ0n) is 9.92. The molecule has 4 heteroatoms. The van der Waals surface area contributed by atoms with E-state index >= 15 is 0 Å². The number of aliphatic hydroxyl groups is 1. The van der Waals surface area contributed by atoms with Crippen molar-refractivity contribution in [2.45, 2.75) is 25.9 Å². The van der Waals surface area contributed by atoms with Crippen molar-refractivity contribution < 1.29 is 5.11 Å². The van der Waals surface area contributed by atoms with Gasteiger partial charge in [0, 0.05) is 6.20 Å². The van der Waals surface area contributed by atoms with Gasteiger partial charge in [0.05, 0.1) is 4.88 Å². The average Bonchev–Trinajstić information content (AvgIpc) is 2.75. The predicted molar refractivity (Wildman–Crippen MR) is 71.1 cm³/mol. The van der Waals surface area contributed by atoms with Gasteiger partial charge >= 0.3 is 0 Å². The number of aliphatic hydroxyl groups excluding tert-OH is 1. The Morgan fingerprint density at radius 1 is 1.18 bits per heavy atom. The van der Waals surface area contributed by atoms with E-state index in [9.17, 15) is 5.11 Å². The van der Waals surface area contributed by atoms with Gasteiger partial charge in [-0.25, -0.2) is 4.98 Å². The number of benzene rings is 1. The van der Waals surface area contributed by atoms with E-state index < -0.39 is 6.10 Å². The second-order valence-electron chi connectivity index (χ2n) is 4.32. The minimum Gasteiger partial charge on any atom is -0.383 e.